The number of aromatic nitrogens is 1. The molecule has 0 saturated carbocycles. The highest BCUT2D eigenvalue weighted by molar-refractivity contribution is 8.25. The van der Waals surface area contributed by atoms with Gasteiger partial charge in [-0.25, -0.2) is 0 Å². The van der Waals surface area contributed by atoms with E-state index in [1.54, 1.807) is 41.4 Å². The number of hydrogen-bond donors (Lipinski definition) is 0. The Labute approximate surface area is 217 Å². The van der Waals surface area contributed by atoms with E-state index in [1.165, 1.54) is 11.8 Å². The molecule has 2 saturated heterocycles. The summed E-state index contributed by atoms with van der Waals surface area (Å²) in [6.45, 7) is 0.638. The lowest BCUT2D eigenvalue weighted by atomic mass is 9.73. The Bertz CT molecular complexity index is 1370. The number of likely N-dealkylation sites (tertiary alicyclic amines) is 1. The number of nitrogens with zero attached hydrogens (tertiary/aromatic N) is 4. The van der Waals surface area contributed by atoms with Gasteiger partial charge in [0.05, 0.1) is 12.8 Å². The molecule has 2 fully saturated rings. The third-order valence-electron chi connectivity index (χ3n) is 7.35. The number of hydrogen-bond acceptors (Lipinski definition) is 7. The van der Waals surface area contributed by atoms with Crippen LogP contribution in [0.15, 0.2) is 65.4 Å². The molecule has 3 aromatic rings. The van der Waals surface area contributed by atoms with Crippen LogP contribution in [0.3, 0.4) is 0 Å². The van der Waals surface area contributed by atoms with E-state index >= 15 is 0 Å². The van der Waals surface area contributed by atoms with Crippen molar-refractivity contribution in [3.05, 3.63) is 83.0 Å². The number of furan rings is 1. The Morgan fingerprint density at radius 3 is 2.71 bits per heavy atom. The number of amides is 2. The van der Waals surface area contributed by atoms with Crippen LogP contribution in [0.2, 0.25) is 5.02 Å². The first kappa shape index (κ1) is 22.7. The maximum Gasteiger partial charge on any atom is 0.254 e. The van der Waals surface area contributed by atoms with Crippen molar-refractivity contribution in [2.75, 3.05) is 25.5 Å². The number of thiocarbonyl (C=S) groups is 1. The second kappa shape index (κ2) is 7.89. The number of carbonyl (C=O) groups is 2. The van der Waals surface area contributed by atoms with E-state index in [-0.39, 0.29) is 18.4 Å². The van der Waals surface area contributed by atoms with Crippen LogP contribution in [-0.4, -0.2) is 56.3 Å². The van der Waals surface area contributed by atoms with E-state index in [0.717, 1.165) is 11.4 Å². The molecule has 3 atom stereocenters. The highest BCUT2D eigenvalue weighted by Gasteiger charge is 2.78. The summed E-state index contributed by atoms with van der Waals surface area (Å²) < 4.78 is 4.66. The van der Waals surface area contributed by atoms with Gasteiger partial charge >= 0.3 is 0 Å². The number of fused-ring (bicyclic) bond motifs is 3. The van der Waals surface area contributed by atoms with E-state index in [2.05, 4.69) is 4.98 Å². The Morgan fingerprint density at radius 1 is 1.17 bits per heavy atom. The van der Waals surface area contributed by atoms with Crippen molar-refractivity contribution in [2.24, 2.45) is 0 Å². The van der Waals surface area contributed by atoms with Crippen LogP contribution < -0.4 is 4.90 Å². The predicted octanol–water partition coefficient (Wildman–Crippen LogP) is 4.03. The molecule has 5 heterocycles. The number of carbonyl (C=O) groups excluding carboxylic acids is 2. The number of likely N-dealkylation sites (N-methyl/N-ethyl adjacent to an activating group) is 2. The van der Waals surface area contributed by atoms with Crippen molar-refractivity contribution in [1.29, 1.82) is 0 Å². The molecular formula is C25H21ClN4O3S2. The van der Waals surface area contributed by atoms with E-state index in [9.17, 15) is 9.59 Å². The van der Waals surface area contributed by atoms with Crippen LogP contribution in [0.4, 0.5) is 5.69 Å². The zero-order valence-electron chi connectivity index (χ0n) is 19.0. The fraction of sp³-hybridized carbons (Fsp3) is 0.280. The second-order valence-electron chi connectivity index (χ2n) is 9.00. The SMILES string of the molecule is CN1C(=O)[C@]2(c3cc(Cl)ccc31)N(C)C[C@@H](c1ccccn1)[C@@]21SC(=S)N(Cc2ccco2)C1=O. The topological polar surface area (TPSA) is 69.9 Å². The Morgan fingerprint density at radius 2 is 2.00 bits per heavy atom. The fourth-order valence-electron chi connectivity index (χ4n) is 5.91. The number of halogens is 1. The van der Waals surface area contributed by atoms with Gasteiger partial charge < -0.3 is 9.32 Å². The van der Waals surface area contributed by atoms with Gasteiger partial charge in [-0.15, -0.1) is 0 Å². The van der Waals surface area contributed by atoms with Crippen LogP contribution in [0.25, 0.3) is 0 Å². The van der Waals surface area contributed by atoms with Gasteiger partial charge in [0.1, 0.15) is 14.8 Å². The summed E-state index contributed by atoms with van der Waals surface area (Å²) in [6, 6.07) is 14.6. The Kier molecular flexibility index (Phi) is 5.12. The highest BCUT2D eigenvalue weighted by atomic mass is 35.5. The van der Waals surface area contributed by atoms with Gasteiger partial charge in [0.15, 0.2) is 5.54 Å². The smallest absolute Gasteiger partial charge is 0.254 e. The average molecular weight is 525 g/mol. The van der Waals surface area contributed by atoms with Gasteiger partial charge in [0, 0.05) is 47.7 Å². The van der Waals surface area contributed by atoms with Crippen molar-refractivity contribution in [2.45, 2.75) is 22.7 Å². The lowest BCUT2D eigenvalue weighted by Gasteiger charge is -2.42. The number of benzene rings is 1. The fourth-order valence-corrected chi connectivity index (χ4v) is 8.19. The summed E-state index contributed by atoms with van der Waals surface area (Å²) in [5.74, 6) is -0.183. The van der Waals surface area contributed by atoms with Gasteiger partial charge in [-0.1, -0.05) is 41.6 Å². The molecule has 2 amide bonds. The standard InChI is InChI=1S/C25H21ClN4O3S2/c1-28-14-18(19-7-3-4-10-27-19)25(22(32)30(23(34)35-25)13-16-6-5-11-33-16)24(28)17-12-15(26)8-9-20(17)29(2)21(24)31/h3-12,18H,13-14H2,1-2H3/t18-,24-,25-/m0/s1. The summed E-state index contributed by atoms with van der Waals surface area (Å²) >= 11 is 13.5. The number of pyridine rings is 1. The van der Waals surface area contributed by atoms with E-state index in [1.807, 2.05) is 48.3 Å². The molecule has 35 heavy (non-hydrogen) atoms. The van der Waals surface area contributed by atoms with E-state index in [0.29, 0.717) is 27.2 Å². The van der Waals surface area contributed by atoms with Crippen molar-refractivity contribution in [3.63, 3.8) is 0 Å². The molecule has 3 aliphatic heterocycles. The van der Waals surface area contributed by atoms with Crippen LogP contribution >= 0.6 is 35.6 Å². The highest BCUT2D eigenvalue weighted by Crippen LogP contribution is 2.66. The van der Waals surface area contributed by atoms with Gasteiger partial charge in [-0.05, 0) is 49.5 Å². The predicted molar refractivity (Wildman–Crippen MR) is 138 cm³/mol. The third kappa shape index (κ3) is 2.83. The minimum Gasteiger partial charge on any atom is -0.467 e. The van der Waals surface area contributed by atoms with Gasteiger partial charge in [0.25, 0.3) is 5.91 Å². The van der Waals surface area contributed by atoms with Crippen LogP contribution in [0.1, 0.15) is 22.9 Å². The first-order valence-electron chi connectivity index (χ1n) is 11.1. The Balaban J connectivity index is 1.62. The molecule has 0 N–H and O–H groups in total. The van der Waals surface area contributed by atoms with Crippen molar-refractivity contribution in [1.82, 2.24) is 14.8 Å². The largest absolute Gasteiger partial charge is 0.467 e. The molecule has 6 rings (SSSR count). The van der Waals surface area contributed by atoms with E-state index < -0.39 is 16.2 Å². The molecule has 0 bridgehead atoms. The molecule has 0 aliphatic carbocycles. The van der Waals surface area contributed by atoms with Gasteiger partial charge in [-0.3, -0.25) is 24.4 Å². The molecule has 2 spiro atoms. The van der Waals surface area contributed by atoms with Gasteiger partial charge in [-0.2, -0.15) is 0 Å². The monoisotopic (exact) mass is 524 g/mol. The number of thioether (sulfide) groups is 1. The molecule has 2 aromatic heterocycles. The zero-order chi connectivity index (χ0) is 24.5. The normalized spacial score (nSPS) is 28.2. The molecule has 178 valence electrons. The lowest BCUT2D eigenvalue weighted by molar-refractivity contribution is -0.139. The summed E-state index contributed by atoms with van der Waals surface area (Å²) in [5.41, 5.74) is 0.872. The quantitative estimate of drug-likeness (QED) is 0.479. The Hall–Kier alpha value is -2.72. The average Bonchev–Trinajstić information content (AvgIpc) is 3.57. The van der Waals surface area contributed by atoms with E-state index in [4.69, 9.17) is 28.2 Å². The maximum atomic E-state index is 14.6. The number of anilines is 1. The van der Waals surface area contributed by atoms with Gasteiger partial charge in [0.2, 0.25) is 5.91 Å². The summed E-state index contributed by atoms with van der Waals surface area (Å²) in [5, 5.41) is 0.501. The molecule has 10 heteroatoms. The third-order valence-corrected chi connectivity index (χ3v) is 9.53. The molecular weight excluding hydrogens is 504 g/mol. The first-order chi connectivity index (χ1) is 16.8. The molecule has 0 unspecified atom stereocenters. The molecule has 1 aromatic carbocycles. The second-order valence-corrected chi connectivity index (χ2v) is 11.3. The molecule has 0 radical (unpaired) electrons. The number of rotatable bonds is 3. The summed E-state index contributed by atoms with van der Waals surface area (Å²) in [6.07, 6.45) is 3.28. The molecule has 7 nitrogen and oxygen atoms in total. The maximum absolute atomic E-state index is 14.6. The first-order valence-corrected chi connectivity index (χ1v) is 12.7. The lowest BCUT2D eigenvalue weighted by Crippen LogP contribution is -2.62. The van der Waals surface area contributed by atoms with Crippen LogP contribution in [0, 0.1) is 0 Å². The van der Waals surface area contributed by atoms with Crippen LogP contribution in [-0.2, 0) is 21.7 Å². The summed E-state index contributed by atoms with van der Waals surface area (Å²) in [4.78, 5) is 38.7. The van der Waals surface area contributed by atoms with Crippen molar-refractivity contribution >= 4 is 57.4 Å². The van der Waals surface area contributed by atoms with Crippen molar-refractivity contribution in [3.8, 4) is 0 Å². The zero-order valence-corrected chi connectivity index (χ0v) is 21.4. The van der Waals surface area contributed by atoms with Crippen LogP contribution in [0.5, 0.6) is 0 Å². The van der Waals surface area contributed by atoms with Crippen molar-refractivity contribution < 1.29 is 14.0 Å². The molecule has 3 aliphatic rings. The summed E-state index contributed by atoms with van der Waals surface area (Å²) in [7, 11) is 3.63. The minimum atomic E-state index is -1.31. The minimum absolute atomic E-state index is 0.181.